The minimum absolute atomic E-state index is 0.0181. The van der Waals surface area contributed by atoms with Crippen molar-refractivity contribution in [2.75, 3.05) is 40.9 Å². The van der Waals surface area contributed by atoms with Gasteiger partial charge in [-0.25, -0.2) is 26.3 Å². The number of hydrogen-bond acceptors (Lipinski definition) is 7. The number of rotatable bonds is 7. The fraction of sp³-hybridized carbons (Fsp3) is 0.250. The highest BCUT2D eigenvalue weighted by Crippen LogP contribution is 2.50. The summed E-state index contributed by atoms with van der Waals surface area (Å²) in [4.78, 5) is 25.6. The average Bonchev–Trinajstić information content (AvgIpc) is 3.45. The summed E-state index contributed by atoms with van der Waals surface area (Å²) >= 11 is 11.8. The lowest BCUT2D eigenvalue weighted by molar-refractivity contribution is -0.384. The number of hydrogen-bond donors (Lipinski definition) is 0. The number of nitrogens with zero attached hydrogens (tertiary/aromatic N) is 5. The molecule has 0 bridgehead atoms. The third-order valence-corrected chi connectivity index (χ3v) is 9.38. The van der Waals surface area contributed by atoms with Crippen LogP contribution < -0.4 is 14.7 Å². The highest BCUT2D eigenvalue weighted by Gasteiger charge is 2.41. The smallest absolute Gasteiger partial charge is 0.288 e. The van der Waals surface area contributed by atoms with E-state index in [1.807, 2.05) is 0 Å². The van der Waals surface area contributed by atoms with E-state index in [1.165, 1.54) is 20.8 Å². The Balaban J connectivity index is 1.40. The van der Waals surface area contributed by atoms with Crippen LogP contribution in [0.5, 0.6) is 0 Å². The zero-order valence-corrected chi connectivity index (χ0v) is 26.5. The summed E-state index contributed by atoms with van der Waals surface area (Å²) in [6.07, 6.45) is -0.0361. The van der Waals surface area contributed by atoms with Gasteiger partial charge in [-0.2, -0.15) is 0 Å². The van der Waals surface area contributed by atoms with Crippen molar-refractivity contribution in [1.82, 2.24) is 0 Å². The lowest BCUT2D eigenvalue weighted by Crippen LogP contribution is -2.47. The summed E-state index contributed by atoms with van der Waals surface area (Å²) in [6.45, 7) is 0.0144. The van der Waals surface area contributed by atoms with Crippen LogP contribution in [0.2, 0.25) is 10.0 Å². The van der Waals surface area contributed by atoms with Gasteiger partial charge >= 0.3 is 0 Å². The minimum atomic E-state index is -1.17. The van der Waals surface area contributed by atoms with E-state index in [4.69, 9.17) is 23.2 Å². The van der Waals surface area contributed by atoms with Crippen LogP contribution in [0.1, 0.15) is 36.1 Å². The first kappa shape index (κ1) is 34.1. The van der Waals surface area contributed by atoms with Gasteiger partial charge in [0, 0.05) is 55.1 Å². The fourth-order valence-corrected chi connectivity index (χ4v) is 7.07. The van der Waals surface area contributed by atoms with Crippen LogP contribution in [-0.2, 0) is 0 Å². The summed E-state index contributed by atoms with van der Waals surface area (Å²) in [6, 6.07) is 6.17. The van der Waals surface area contributed by atoms with Crippen molar-refractivity contribution >= 4 is 51.6 Å². The monoisotopic (exact) mass is 725 g/mol. The summed E-state index contributed by atoms with van der Waals surface area (Å²) in [5, 5.41) is 22.3. The molecule has 2 aliphatic heterocycles. The van der Waals surface area contributed by atoms with Gasteiger partial charge in [-0.15, -0.1) is 0 Å². The van der Waals surface area contributed by atoms with Gasteiger partial charge in [0.2, 0.25) is 0 Å². The van der Waals surface area contributed by atoms with Gasteiger partial charge in [-0.1, -0.05) is 29.3 Å². The van der Waals surface area contributed by atoms with Gasteiger partial charge in [-0.05, 0) is 49.2 Å². The Morgan fingerprint density at radius 2 is 0.980 bits per heavy atom. The largest absolute Gasteiger partial charge is 0.363 e. The molecule has 0 aromatic heterocycles. The Kier molecular flexibility index (Phi) is 9.24. The lowest BCUT2D eigenvalue weighted by Gasteiger charge is -2.38. The molecule has 0 saturated carbocycles. The fourth-order valence-electron chi connectivity index (χ4n) is 6.63. The van der Waals surface area contributed by atoms with Gasteiger partial charge in [0.15, 0.2) is 11.6 Å². The zero-order chi connectivity index (χ0) is 35.3. The Hall–Kier alpha value is -4.76. The second-order valence-corrected chi connectivity index (χ2v) is 12.3. The predicted octanol–water partition coefficient (Wildman–Crippen LogP) is 9.05. The Morgan fingerprint density at radius 3 is 1.37 bits per heavy atom. The standard InChI is InChI=1S/C32H23Cl2F6N5O4/c33-19-14-23(37)17(12-29(19)44(46)47)27-4-5-28(18-13-30(45(48)49)20(34)15-24(18)38)43(27)16-10-25(39)32(26(40)11-16)42-8-6-41(7-9-42)31-21(35)2-1-3-22(31)36/h1-3,10-15,27-28H,4-9H2/t27-,28-/m1/s1. The van der Waals surface area contributed by atoms with Crippen molar-refractivity contribution < 1.29 is 36.2 Å². The maximum absolute atomic E-state index is 16.0. The lowest BCUT2D eigenvalue weighted by atomic mass is 10.0. The van der Waals surface area contributed by atoms with E-state index in [0.29, 0.717) is 0 Å². The van der Waals surface area contributed by atoms with E-state index in [1.54, 1.807) is 0 Å². The summed E-state index contributed by atoms with van der Waals surface area (Å²) < 4.78 is 91.4. The Morgan fingerprint density at radius 1 is 0.592 bits per heavy atom. The van der Waals surface area contributed by atoms with Crippen LogP contribution in [0.25, 0.3) is 0 Å². The SMILES string of the molecule is O=[N+]([O-])c1cc([C@H]2CC[C@H](c3cc([N+](=O)[O-])c(Cl)cc3F)N2c2cc(F)c(N3CCN(c4c(F)cccc4F)CC3)c(F)c2)c(F)cc1Cl. The van der Waals surface area contributed by atoms with E-state index < -0.39 is 83.9 Å². The molecule has 2 atom stereocenters. The summed E-state index contributed by atoms with van der Waals surface area (Å²) in [5.41, 5.74) is -2.76. The van der Waals surface area contributed by atoms with E-state index >= 15 is 17.6 Å². The molecule has 49 heavy (non-hydrogen) atoms. The Labute approximate surface area is 284 Å². The molecule has 0 spiro atoms. The minimum Gasteiger partial charge on any atom is -0.363 e. The molecule has 0 radical (unpaired) electrons. The molecule has 0 N–H and O–H groups in total. The molecule has 6 rings (SSSR count). The van der Waals surface area contributed by atoms with Crippen LogP contribution in [0.15, 0.2) is 54.6 Å². The average molecular weight is 726 g/mol. The van der Waals surface area contributed by atoms with Crippen molar-refractivity contribution in [2.24, 2.45) is 0 Å². The first-order chi connectivity index (χ1) is 23.3. The predicted molar refractivity (Wildman–Crippen MR) is 170 cm³/mol. The first-order valence-electron chi connectivity index (χ1n) is 14.7. The third kappa shape index (κ3) is 6.28. The normalized spacial score (nSPS) is 17.9. The molecular weight excluding hydrogens is 703 g/mol. The highest BCUT2D eigenvalue weighted by atomic mass is 35.5. The molecule has 0 amide bonds. The molecule has 0 unspecified atom stereocenters. The number of halogens is 8. The molecule has 9 nitrogen and oxygen atoms in total. The quantitative estimate of drug-likeness (QED) is 0.107. The number of piperazine rings is 1. The number of benzene rings is 4. The second kappa shape index (κ2) is 13.3. The van der Waals surface area contributed by atoms with Gasteiger partial charge in [0.1, 0.15) is 44.7 Å². The molecule has 2 saturated heterocycles. The molecule has 256 valence electrons. The van der Waals surface area contributed by atoms with Crippen LogP contribution in [-0.4, -0.2) is 36.0 Å². The van der Waals surface area contributed by atoms with Crippen molar-refractivity contribution in [3.05, 3.63) is 131 Å². The Bertz CT molecular complexity index is 1880. The van der Waals surface area contributed by atoms with Gasteiger partial charge < -0.3 is 14.7 Å². The zero-order valence-electron chi connectivity index (χ0n) is 25.0. The number of nitro groups is 2. The molecule has 17 heteroatoms. The van der Waals surface area contributed by atoms with E-state index in [9.17, 15) is 29.0 Å². The first-order valence-corrected chi connectivity index (χ1v) is 15.5. The van der Waals surface area contributed by atoms with E-state index in [2.05, 4.69) is 0 Å². The van der Waals surface area contributed by atoms with Crippen LogP contribution in [0.4, 0.5) is 54.8 Å². The number of nitro benzene ring substituents is 2. The maximum atomic E-state index is 16.0. The van der Waals surface area contributed by atoms with Gasteiger partial charge in [0.05, 0.1) is 21.9 Å². The van der Waals surface area contributed by atoms with Crippen molar-refractivity contribution in [3.8, 4) is 0 Å². The van der Waals surface area contributed by atoms with Gasteiger partial charge in [0.25, 0.3) is 11.4 Å². The molecular formula is C32H23Cl2F6N5O4. The number of para-hydroxylation sites is 1. The molecule has 0 aliphatic carbocycles. The van der Waals surface area contributed by atoms with Gasteiger partial charge in [-0.3, -0.25) is 20.2 Å². The van der Waals surface area contributed by atoms with E-state index in [-0.39, 0.29) is 61.5 Å². The number of anilines is 3. The molecule has 2 aliphatic rings. The molecule has 4 aromatic rings. The van der Waals surface area contributed by atoms with Crippen LogP contribution in [0.3, 0.4) is 0 Å². The van der Waals surface area contributed by atoms with Crippen molar-refractivity contribution in [1.29, 1.82) is 0 Å². The molecule has 2 fully saturated rings. The summed E-state index contributed by atoms with van der Waals surface area (Å²) in [7, 11) is 0. The van der Waals surface area contributed by atoms with Crippen molar-refractivity contribution in [2.45, 2.75) is 24.9 Å². The third-order valence-electron chi connectivity index (χ3n) is 8.78. The van der Waals surface area contributed by atoms with E-state index in [0.717, 1.165) is 48.5 Å². The van der Waals surface area contributed by atoms with Crippen LogP contribution >= 0.6 is 23.2 Å². The second-order valence-electron chi connectivity index (χ2n) is 11.5. The summed E-state index contributed by atoms with van der Waals surface area (Å²) in [5.74, 6) is -5.67. The molecule has 4 aromatic carbocycles. The highest BCUT2D eigenvalue weighted by molar-refractivity contribution is 6.33. The van der Waals surface area contributed by atoms with Crippen molar-refractivity contribution in [3.63, 3.8) is 0 Å². The van der Waals surface area contributed by atoms with Crippen LogP contribution in [0, 0.1) is 55.1 Å². The maximum Gasteiger partial charge on any atom is 0.288 e. The molecule has 2 heterocycles. The topological polar surface area (TPSA) is 96.0 Å².